The lowest BCUT2D eigenvalue weighted by Gasteiger charge is -2.17. The van der Waals surface area contributed by atoms with Crippen molar-refractivity contribution in [2.24, 2.45) is 5.73 Å². The molecule has 0 bridgehead atoms. The van der Waals surface area contributed by atoms with Crippen molar-refractivity contribution in [1.29, 1.82) is 0 Å². The highest BCUT2D eigenvalue weighted by atomic mass is 16.3. The highest BCUT2D eigenvalue weighted by Crippen LogP contribution is 2.30. The third kappa shape index (κ3) is 2.06. The lowest BCUT2D eigenvalue weighted by Crippen LogP contribution is -2.19. The number of fused-ring (bicyclic) bond motifs is 1. The van der Waals surface area contributed by atoms with E-state index in [4.69, 9.17) is 5.73 Å². The lowest BCUT2D eigenvalue weighted by molar-refractivity contribution is 0.170. The van der Waals surface area contributed by atoms with E-state index in [-0.39, 0.29) is 0 Å². The van der Waals surface area contributed by atoms with Gasteiger partial charge in [-0.25, -0.2) is 0 Å². The SMILES string of the molecule is CCN1CCc2cc([C@@H](O)CCN)ccc21. The third-order valence-corrected chi connectivity index (χ3v) is 3.30. The number of aliphatic hydroxyl groups excluding tert-OH is 1. The van der Waals surface area contributed by atoms with Crippen LogP contribution in [0.4, 0.5) is 5.69 Å². The molecule has 0 amide bonds. The Balaban J connectivity index is 2.21. The van der Waals surface area contributed by atoms with E-state index in [2.05, 4.69) is 24.0 Å². The first-order valence-corrected chi connectivity index (χ1v) is 6.02. The summed E-state index contributed by atoms with van der Waals surface area (Å²) in [6, 6.07) is 6.28. The van der Waals surface area contributed by atoms with Crippen molar-refractivity contribution in [2.45, 2.75) is 25.9 Å². The lowest BCUT2D eigenvalue weighted by atomic mass is 10.0. The van der Waals surface area contributed by atoms with Gasteiger partial charge in [0.1, 0.15) is 0 Å². The molecule has 0 saturated heterocycles. The molecule has 1 aromatic rings. The van der Waals surface area contributed by atoms with Crippen molar-refractivity contribution in [1.82, 2.24) is 0 Å². The number of benzene rings is 1. The van der Waals surface area contributed by atoms with Crippen LogP contribution >= 0.6 is 0 Å². The number of aliphatic hydroxyl groups is 1. The molecule has 0 fully saturated rings. The van der Waals surface area contributed by atoms with E-state index >= 15 is 0 Å². The zero-order valence-electron chi connectivity index (χ0n) is 9.82. The molecule has 1 atom stereocenters. The summed E-state index contributed by atoms with van der Waals surface area (Å²) < 4.78 is 0. The number of nitrogens with zero attached hydrogens (tertiary/aromatic N) is 1. The Morgan fingerprint density at radius 1 is 1.50 bits per heavy atom. The molecular formula is C13H20N2O. The number of likely N-dealkylation sites (N-methyl/N-ethyl adjacent to an activating group) is 1. The number of hydrogen-bond acceptors (Lipinski definition) is 3. The molecule has 88 valence electrons. The summed E-state index contributed by atoms with van der Waals surface area (Å²) in [6.45, 7) is 4.85. The number of hydrogen-bond donors (Lipinski definition) is 2. The molecule has 3 N–H and O–H groups in total. The van der Waals surface area contributed by atoms with E-state index in [1.54, 1.807) is 0 Å². The van der Waals surface area contributed by atoms with Gasteiger partial charge in [-0.05, 0) is 43.5 Å². The van der Waals surface area contributed by atoms with Gasteiger partial charge in [0.15, 0.2) is 0 Å². The normalized spacial score (nSPS) is 16.3. The van der Waals surface area contributed by atoms with Crippen molar-refractivity contribution in [3.05, 3.63) is 29.3 Å². The fourth-order valence-corrected chi connectivity index (χ4v) is 2.35. The molecule has 0 saturated carbocycles. The summed E-state index contributed by atoms with van der Waals surface area (Å²) in [5, 5.41) is 9.88. The molecule has 16 heavy (non-hydrogen) atoms. The van der Waals surface area contributed by atoms with Crippen molar-refractivity contribution < 1.29 is 5.11 Å². The summed E-state index contributed by atoms with van der Waals surface area (Å²) in [7, 11) is 0. The standard InChI is InChI=1S/C13H20N2O/c1-2-15-8-6-10-9-11(3-4-12(10)15)13(16)5-7-14/h3-4,9,13,16H,2,5-8,14H2,1H3/t13-/m0/s1. The van der Waals surface area contributed by atoms with Crippen LogP contribution < -0.4 is 10.6 Å². The highest BCUT2D eigenvalue weighted by Gasteiger charge is 2.18. The minimum absolute atomic E-state index is 0.411. The zero-order chi connectivity index (χ0) is 11.5. The van der Waals surface area contributed by atoms with E-state index in [0.717, 1.165) is 25.1 Å². The van der Waals surface area contributed by atoms with Gasteiger partial charge in [0.25, 0.3) is 0 Å². The zero-order valence-corrected chi connectivity index (χ0v) is 9.82. The second-order valence-corrected chi connectivity index (χ2v) is 4.31. The Morgan fingerprint density at radius 3 is 3.00 bits per heavy atom. The van der Waals surface area contributed by atoms with Crippen LogP contribution in [-0.2, 0) is 6.42 Å². The van der Waals surface area contributed by atoms with Crippen LogP contribution in [-0.4, -0.2) is 24.7 Å². The van der Waals surface area contributed by atoms with Gasteiger partial charge in [0.2, 0.25) is 0 Å². The average molecular weight is 220 g/mol. The maximum Gasteiger partial charge on any atom is 0.0802 e. The van der Waals surface area contributed by atoms with Crippen molar-refractivity contribution >= 4 is 5.69 Å². The maximum atomic E-state index is 9.88. The minimum Gasteiger partial charge on any atom is -0.388 e. The molecule has 0 spiro atoms. The average Bonchev–Trinajstić information content (AvgIpc) is 2.71. The Labute approximate surface area is 96.9 Å². The predicted molar refractivity (Wildman–Crippen MR) is 66.7 cm³/mol. The second-order valence-electron chi connectivity index (χ2n) is 4.31. The van der Waals surface area contributed by atoms with Gasteiger partial charge in [-0.3, -0.25) is 0 Å². The van der Waals surface area contributed by atoms with Crippen LogP contribution in [0.15, 0.2) is 18.2 Å². The third-order valence-electron chi connectivity index (χ3n) is 3.30. The Bertz CT molecular complexity index is 365. The first-order chi connectivity index (χ1) is 7.76. The van der Waals surface area contributed by atoms with Gasteiger partial charge in [-0.1, -0.05) is 12.1 Å². The largest absolute Gasteiger partial charge is 0.388 e. The summed E-state index contributed by atoms with van der Waals surface area (Å²) in [4.78, 5) is 2.37. The molecule has 1 aliphatic rings. The molecule has 0 radical (unpaired) electrons. The quantitative estimate of drug-likeness (QED) is 0.807. The van der Waals surface area contributed by atoms with Gasteiger partial charge in [0.05, 0.1) is 6.10 Å². The molecular weight excluding hydrogens is 200 g/mol. The summed E-state index contributed by atoms with van der Waals surface area (Å²) in [5.74, 6) is 0. The van der Waals surface area contributed by atoms with E-state index in [9.17, 15) is 5.11 Å². The van der Waals surface area contributed by atoms with Gasteiger partial charge in [-0.2, -0.15) is 0 Å². The fourth-order valence-electron chi connectivity index (χ4n) is 2.35. The van der Waals surface area contributed by atoms with Crippen molar-refractivity contribution in [2.75, 3.05) is 24.5 Å². The first-order valence-electron chi connectivity index (χ1n) is 6.02. The van der Waals surface area contributed by atoms with E-state index < -0.39 is 6.10 Å². The van der Waals surface area contributed by atoms with Gasteiger partial charge in [0, 0.05) is 18.8 Å². The number of rotatable bonds is 4. The van der Waals surface area contributed by atoms with Crippen LogP contribution in [0.3, 0.4) is 0 Å². The first kappa shape index (κ1) is 11.4. The summed E-state index contributed by atoms with van der Waals surface area (Å²) >= 11 is 0. The molecule has 1 aliphatic heterocycles. The molecule has 2 rings (SSSR count). The van der Waals surface area contributed by atoms with E-state index in [1.165, 1.54) is 11.3 Å². The van der Waals surface area contributed by atoms with Crippen LogP contribution in [0.5, 0.6) is 0 Å². The van der Waals surface area contributed by atoms with Gasteiger partial charge >= 0.3 is 0 Å². The molecule has 1 aromatic carbocycles. The molecule has 0 aromatic heterocycles. The molecule has 1 heterocycles. The molecule has 0 unspecified atom stereocenters. The van der Waals surface area contributed by atoms with Crippen LogP contribution in [0.25, 0.3) is 0 Å². The van der Waals surface area contributed by atoms with Crippen LogP contribution in [0, 0.1) is 0 Å². The fraction of sp³-hybridized carbons (Fsp3) is 0.538. The Hall–Kier alpha value is -1.06. The highest BCUT2D eigenvalue weighted by molar-refractivity contribution is 5.59. The minimum atomic E-state index is -0.411. The Kier molecular flexibility index (Phi) is 3.46. The van der Waals surface area contributed by atoms with Crippen molar-refractivity contribution in [3.63, 3.8) is 0 Å². The molecule has 0 aliphatic carbocycles. The molecule has 3 heteroatoms. The predicted octanol–water partition coefficient (Wildman–Crippen LogP) is 1.45. The van der Waals surface area contributed by atoms with Gasteiger partial charge in [-0.15, -0.1) is 0 Å². The Morgan fingerprint density at radius 2 is 2.31 bits per heavy atom. The maximum absolute atomic E-state index is 9.88. The van der Waals surface area contributed by atoms with E-state index in [1.807, 2.05) is 6.07 Å². The monoisotopic (exact) mass is 220 g/mol. The van der Waals surface area contributed by atoms with E-state index in [0.29, 0.717) is 13.0 Å². The number of nitrogens with two attached hydrogens (primary N) is 1. The summed E-state index contributed by atoms with van der Waals surface area (Å²) in [5.41, 5.74) is 9.14. The van der Waals surface area contributed by atoms with Crippen molar-refractivity contribution in [3.8, 4) is 0 Å². The number of anilines is 1. The van der Waals surface area contributed by atoms with Gasteiger partial charge < -0.3 is 15.7 Å². The molecule has 3 nitrogen and oxygen atoms in total. The van der Waals surface area contributed by atoms with Crippen LogP contribution in [0.2, 0.25) is 0 Å². The summed E-state index contributed by atoms with van der Waals surface area (Å²) in [6.07, 6.45) is 1.31. The second kappa shape index (κ2) is 4.85. The topological polar surface area (TPSA) is 49.5 Å². The van der Waals surface area contributed by atoms with Crippen LogP contribution in [0.1, 0.15) is 30.6 Å². The smallest absolute Gasteiger partial charge is 0.0802 e.